The molecule has 1 heterocycles. The monoisotopic (exact) mass is 450 g/mol. The molecule has 0 bridgehead atoms. The summed E-state index contributed by atoms with van der Waals surface area (Å²) in [5.41, 5.74) is 0.332. The third-order valence-corrected chi connectivity index (χ3v) is 9.56. The zero-order valence-electron chi connectivity index (χ0n) is 17.5. The van der Waals surface area contributed by atoms with Gasteiger partial charge in [-0.05, 0) is 74.2 Å². The first-order chi connectivity index (χ1) is 13.3. The Morgan fingerprint density at radius 3 is 2.75 bits per heavy atom. The van der Waals surface area contributed by atoms with E-state index in [0.29, 0.717) is 30.3 Å². The molecule has 0 saturated heterocycles. The molecule has 1 aliphatic heterocycles. The number of hydrogen-bond donors (Lipinski definition) is 1. The molecule has 3 saturated carbocycles. The molecule has 4 rings (SSSR count). The third kappa shape index (κ3) is 3.07. The number of halogens is 1. The molecule has 5 heteroatoms. The van der Waals surface area contributed by atoms with Crippen molar-refractivity contribution < 1.29 is 9.59 Å². The molecule has 28 heavy (non-hydrogen) atoms. The average Bonchev–Trinajstić information content (AvgIpc) is 3.00. The van der Waals surface area contributed by atoms with Crippen LogP contribution >= 0.6 is 15.9 Å². The highest BCUT2D eigenvalue weighted by molar-refractivity contribution is 9.09. The minimum atomic E-state index is 0.101. The number of rotatable bonds is 4. The van der Waals surface area contributed by atoms with E-state index in [0.717, 1.165) is 30.5 Å². The summed E-state index contributed by atoms with van der Waals surface area (Å²) in [6.45, 7) is 4.84. The molecule has 2 amide bonds. The number of likely N-dealkylation sites (N-methyl/N-ethyl adjacent to an activating group) is 1. The van der Waals surface area contributed by atoms with Gasteiger partial charge in [0.1, 0.15) is 0 Å². The maximum absolute atomic E-state index is 12.4. The lowest BCUT2D eigenvalue weighted by Crippen LogP contribution is -2.60. The van der Waals surface area contributed by atoms with Gasteiger partial charge in [0.2, 0.25) is 11.8 Å². The molecular formula is C23H35BrN2O2. The minimum Gasteiger partial charge on any atom is -0.353 e. The van der Waals surface area contributed by atoms with Crippen molar-refractivity contribution in [2.24, 2.45) is 28.6 Å². The number of alkyl halides is 1. The summed E-state index contributed by atoms with van der Waals surface area (Å²) in [4.78, 5) is 26.6. The van der Waals surface area contributed by atoms with Gasteiger partial charge >= 0.3 is 0 Å². The second-order valence-electron chi connectivity index (χ2n) is 10.2. The Labute approximate surface area is 178 Å². The lowest BCUT2D eigenvalue weighted by molar-refractivity contribution is -0.138. The molecule has 7 atom stereocenters. The van der Waals surface area contributed by atoms with E-state index < -0.39 is 0 Å². The standard InChI is InChI=1S/C23H35BrN2O2/c1-22-12-10-17-15(6-9-19-23(17,2)13-11-21(28)26(19)3)16(22)7-8-18(22)25-20(27)5-4-14-24/h11,13,15-19H,4-10,12,14H2,1-3H3,(H,25,27)/t15-,16-,17+,18?,19?,22-,23+/m0/s1. The first-order valence-corrected chi connectivity index (χ1v) is 12.2. The van der Waals surface area contributed by atoms with E-state index in [2.05, 4.69) is 41.2 Å². The topological polar surface area (TPSA) is 49.4 Å². The van der Waals surface area contributed by atoms with Crippen LogP contribution in [0.2, 0.25) is 0 Å². The molecule has 1 N–H and O–H groups in total. The number of carbonyl (C=O) groups is 2. The number of nitrogens with one attached hydrogen (secondary N) is 1. The Morgan fingerprint density at radius 1 is 1.21 bits per heavy atom. The molecule has 4 aliphatic rings. The van der Waals surface area contributed by atoms with E-state index in [1.54, 1.807) is 0 Å². The summed E-state index contributed by atoms with van der Waals surface area (Å²) in [6.07, 6.45) is 12.7. The van der Waals surface area contributed by atoms with Crippen molar-refractivity contribution in [2.75, 3.05) is 12.4 Å². The van der Waals surface area contributed by atoms with Crippen LogP contribution < -0.4 is 5.32 Å². The Morgan fingerprint density at radius 2 is 2.00 bits per heavy atom. The molecule has 0 aromatic rings. The first kappa shape index (κ1) is 20.4. The fraction of sp³-hybridized carbons (Fsp3) is 0.826. The molecule has 3 aliphatic carbocycles. The van der Waals surface area contributed by atoms with Crippen LogP contribution in [-0.4, -0.2) is 41.2 Å². The van der Waals surface area contributed by atoms with E-state index in [9.17, 15) is 9.59 Å². The maximum atomic E-state index is 12.4. The van der Waals surface area contributed by atoms with Gasteiger partial charge in [0.15, 0.2) is 0 Å². The van der Waals surface area contributed by atoms with Crippen LogP contribution in [0.3, 0.4) is 0 Å². The van der Waals surface area contributed by atoms with Crippen molar-refractivity contribution in [1.29, 1.82) is 0 Å². The average molecular weight is 451 g/mol. The molecule has 0 aromatic carbocycles. The fourth-order valence-electron chi connectivity index (χ4n) is 7.47. The second-order valence-corrected chi connectivity index (χ2v) is 10.9. The van der Waals surface area contributed by atoms with Gasteiger partial charge in [0.25, 0.3) is 0 Å². The van der Waals surface area contributed by atoms with Crippen molar-refractivity contribution in [3.8, 4) is 0 Å². The van der Waals surface area contributed by atoms with Crippen LogP contribution in [0.1, 0.15) is 65.2 Å². The molecule has 0 aromatic heterocycles. The van der Waals surface area contributed by atoms with Crippen molar-refractivity contribution >= 4 is 27.7 Å². The summed E-state index contributed by atoms with van der Waals surface area (Å²) in [6, 6.07) is 0.676. The molecule has 4 nitrogen and oxygen atoms in total. The summed E-state index contributed by atoms with van der Waals surface area (Å²) in [5.74, 6) is 2.45. The summed E-state index contributed by atoms with van der Waals surface area (Å²) in [7, 11) is 1.98. The maximum Gasteiger partial charge on any atom is 0.246 e. The molecule has 2 unspecified atom stereocenters. The minimum absolute atomic E-state index is 0.101. The highest BCUT2D eigenvalue weighted by Crippen LogP contribution is 2.63. The van der Waals surface area contributed by atoms with Gasteiger partial charge in [-0.3, -0.25) is 9.59 Å². The molecule has 0 spiro atoms. The Balaban J connectivity index is 1.53. The number of amides is 2. The lowest BCUT2D eigenvalue weighted by Gasteiger charge is -2.60. The highest BCUT2D eigenvalue weighted by atomic mass is 79.9. The second kappa shape index (κ2) is 7.45. The summed E-state index contributed by atoms with van der Waals surface area (Å²) >= 11 is 3.43. The largest absolute Gasteiger partial charge is 0.353 e. The summed E-state index contributed by atoms with van der Waals surface area (Å²) < 4.78 is 0. The highest BCUT2D eigenvalue weighted by Gasteiger charge is 2.60. The predicted octanol–water partition coefficient (Wildman–Crippen LogP) is 4.29. The Hall–Kier alpha value is -0.840. The fourth-order valence-corrected chi connectivity index (χ4v) is 7.75. The number of hydrogen-bond acceptors (Lipinski definition) is 2. The van der Waals surface area contributed by atoms with Gasteiger partial charge in [-0.25, -0.2) is 0 Å². The zero-order chi connectivity index (χ0) is 20.1. The van der Waals surface area contributed by atoms with E-state index in [1.165, 1.54) is 25.7 Å². The third-order valence-electron chi connectivity index (χ3n) is 9.00. The van der Waals surface area contributed by atoms with Crippen LogP contribution in [0.4, 0.5) is 0 Å². The Bertz CT molecular complexity index is 680. The van der Waals surface area contributed by atoms with Crippen molar-refractivity contribution in [3.05, 3.63) is 12.2 Å². The van der Waals surface area contributed by atoms with Gasteiger partial charge in [-0.15, -0.1) is 0 Å². The van der Waals surface area contributed by atoms with Crippen molar-refractivity contribution in [3.63, 3.8) is 0 Å². The van der Waals surface area contributed by atoms with E-state index in [1.807, 2.05) is 18.0 Å². The predicted molar refractivity (Wildman–Crippen MR) is 115 cm³/mol. The number of nitrogens with zero attached hydrogens (tertiary/aromatic N) is 1. The molecular weight excluding hydrogens is 416 g/mol. The number of fused-ring (bicyclic) bond motifs is 5. The normalized spacial score (nSPS) is 44.6. The lowest BCUT2D eigenvalue weighted by atomic mass is 9.48. The SMILES string of the molecule is CN1C(=O)C=C[C@@]2(C)C1CC[C@@H]1[C@H]2CC[C@]2(C)C(NC(=O)CCCBr)CC[C@@H]12. The van der Waals surface area contributed by atoms with Gasteiger partial charge in [0, 0.05) is 36.3 Å². The molecule has 156 valence electrons. The van der Waals surface area contributed by atoms with Crippen LogP contribution in [0.15, 0.2) is 12.2 Å². The summed E-state index contributed by atoms with van der Waals surface area (Å²) in [5, 5.41) is 4.29. The van der Waals surface area contributed by atoms with Gasteiger partial charge in [-0.2, -0.15) is 0 Å². The van der Waals surface area contributed by atoms with Crippen molar-refractivity contribution in [2.45, 2.75) is 77.3 Å². The Kier molecular flexibility index (Phi) is 5.43. The smallest absolute Gasteiger partial charge is 0.246 e. The molecule has 0 radical (unpaired) electrons. The van der Waals surface area contributed by atoms with Crippen LogP contribution in [0.25, 0.3) is 0 Å². The zero-order valence-corrected chi connectivity index (χ0v) is 19.1. The van der Waals surface area contributed by atoms with Crippen molar-refractivity contribution in [1.82, 2.24) is 10.2 Å². The van der Waals surface area contributed by atoms with E-state index >= 15 is 0 Å². The first-order valence-electron chi connectivity index (χ1n) is 11.1. The van der Waals surface area contributed by atoms with Crippen LogP contribution in [-0.2, 0) is 9.59 Å². The van der Waals surface area contributed by atoms with E-state index in [4.69, 9.17) is 0 Å². The van der Waals surface area contributed by atoms with Gasteiger partial charge in [-0.1, -0.05) is 35.9 Å². The van der Waals surface area contributed by atoms with E-state index in [-0.39, 0.29) is 22.6 Å². The van der Waals surface area contributed by atoms with Gasteiger partial charge < -0.3 is 10.2 Å². The number of carbonyl (C=O) groups excluding carboxylic acids is 2. The van der Waals surface area contributed by atoms with Crippen LogP contribution in [0.5, 0.6) is 0 Å². The quantitative estimate of drug-likeness (QED) is 0.649. The van der Waals surface area contributed by atoms with Crippen LogP contribution in [0, 0.1) is 28.6 Å². The molecule has 3 fully saturated rings. The van der Waals surface area contributed by atoms with Gasteiger partial charge in [0.05, 0.1) is 0 Å².